The van der Waals surface area contributed by atoms with Gasteiger partial charge in [-0.1, -0.05) is 13.8 Å². The molecule has 1 saturated carbocycles. The van der Waals surface area contributed by atoms with Gasteiger partial charge in [0.2, 0.25) is 0 Å². The van der Waals surface area contributed by atoms with E-state index in [1.54, 1.807) is 7.11 Å². The Bertz CT molecular complexity index is 324. The Morgan fingerprint density at radius 1 is 1.38 bits per heavy atom. The number of ether oxygens (including phenoxy) is 1. The molecule has 1 N–H and O–H groups in total. The van der Waals surface area contributed by atoms with Crippen LogP contribution in [0.15, 0.2) is 0 Å². The minimum absolute atomic E-state index is 0.316. The van der Waals surface area contributed by atoms with Crippen LogP contribution in [0, 0.1) is 11.3 Å². The van der Waals surface area contributed by atoms with Crippen molar-refractivity contribution in [3.05, 3.63) is 0 Å². The normalized spacial score (nSPS) is 19.2. The van der Waals surface area contributed by atoms with Crippen molar-refractivity contribution >= 4 is 0 Å². The monoisotopic (exact) mass is 295 g/mol. The maximum absolute atomic E-state index is 9.57. The minimum Gasteiger partial charge on any atom is -0.383 e. The molecular formula is C17H33N3O. The fourth-order valence-electron chi connectivity index (χ4n) is 2.74. The number of hydrogen-bond donors (Lipinski definition) is 1. The van der Waals surface area contributed by atoms with E-state index < -0.39 is 0 Å². The Labute approximate surface area is 130 Å². The highest BCUT2D eigenvalue weighted by Gasteiger charge is 2.34. The smallest absolute Gasteiger partial charge is 0.106 e. The van der Waals surface area contributed by atoms with E-state index in [0.717, 1.165) is 45.4 Å². The standard InChI is InChI=1S/C17H33N3O/c1-5-15(3)20(12-13-21-4)11-7-10-17(6-2,14-18)19-16-8-9-16/h15-16,19H,5-13H2,1-4H3. The summed E-state index contributed by atoms with van der Waals surface area (Å²) in [6.45, 7) is 9.43. The molecule has 2 unspecified atom stereocenters. The van der Waals surface area contributed by atoms with Gasteiger partial charge >= 0.3 is 0 Å². The van der Waals surface area contributed by atoms with Crippen molar-refractivity contribution in [2.45, 2.75) is 76.9 Å². The molecule has 0 radical (unpaired) electrons. The number of hydrogen-bond acceptors (Lipinski definition) is 4. The van der Waals surface area contributed by atoms with E-state index >= 15 is 0 Å². The summed E-state index contributed by atoms with van der Waals surface area (Å²) < 4.78 is 5.21. The number of nitrogens with one attached hydrogen (secondary N) is 1. The van der Waals surface area contributed by atoms with Crippen LogP contribution in [-0.4, -0.2) is 49.3 Å². The maximum Gasteiger partial charge on any atom is 0.106 e. The van der Waals surface area contributed by atoms with E-state index in [2.05, 4.69) is 37.1 Å². The van der Waals surface area contributed by atoms with Crippen LogP contribution in [-0.2, 0) is 4.74 Å². The van der Waals surface area contributed by atoms with Crippen LogP contribution in [0.5, 0.6) is 0 Å². The van der Waals surface area contributed by atoms with Crippen LogP contribution in [0.25, 0.3) is 0 Å². The van der Waals surface area contributed by atoms with E-state index in [0.29, 0.717) is 12.1 Å². The molecule has 122 valence electrons. The third-order valence-electron chi connectivity index (χ3n) is 4.72. The van der Waals surface area contributed by atoms with Crippen molar-refractivity contribution in [3.63, 3.8) is 0 Å². The molecule has 1 rings (SSSR count). The van der Waals surface area contributed by atoms with Gasteiger partial charge in [-0.2, -0.15) is 5.26 Å². The van der Waals surface area contributed by atoms with Crippen molar-refractivity contribution in [3.8, 4) is 6.07 Å². The number of methoxy groups -OCH3 is 1. The fourth-order valence-corrected chi connectivity index (χ4v) is 2.74. The lowest BCUT2D eigenvalue weighted by atomic mass is 9.91. The van der Waals surface area contributed by atoms with E-state index in [9.17, 15) is 5.26 Å². The van der Waals surface area contributed by atoms with Gasteiger partial charge in [0.05, 0.1) is 12.7 Å². The topological polar surface area (TPSA) is 48.3 Å². The summed E-state index contributed by atoms with van der Waals surface area (Å²) >= 11 is 0. The summed E-state index contributed by atoms with van der Waals surface area (Å²) in [6, 6.07) is 3.71. The van der Waals surface area contributed by atoms with Crippen molar-refractivity contribution in [1.29, 1.82) is 5.26 Å². The zero-order valence-corrected chi connectivity index (χ0v) is 14.3. The summed E-state index contributed by atoms with van der Waals surface area (Å²) in [6.07, 6.45) is 6.51. The molecule has 0 aromatic carbocycles. The molecule has 0 bridgehead atoms. The van der Waals surface area contributed by atoms with Crippen LogP contribution in [0.2, 0.25) is 0 Å². The molecule has 4 nitrogen and oxygen atoms in total. The third-order valence-corrected chi connectivity index (χ3v) is 4.72. The molecule has 0 spiro atoms. The Balaban J connectivity index is 2.43. The summed E-state index contributed by atoms with van der Waals surface area (Å²) in [5.74, 6) is 0. The van der Waals surface area contributed by atoms with Gasteiger partial charge in [0.15, 0.2) is 0 Å². The predicted molar refractivity (Wildman–Crippen MR) is 87.2 cm³/mol. The Hall–Kier alpha value is -0.630. The van der Waals surface area contributed by atoms with Gasteiger partial charge in [0.1, 0.15) is 5.54 Å². The summed E-state index contributed by atoms with van der Waals surface area (Å²) in [5, 5.41) is 13.1. The first-order valence-corrected chi connectivity index (χ1v) is 8.52. The van der Waals surface area contributed by atoms with Crippen molar-refractivity contribution in [1.82, 2.24) is 10.2 Å². The molecule has 2 atom stereocenters. The zero-order valence-electron chi connectivity index (χ0n) is 14.3. The van der Waals surface area contributed by atoms with Crippen molar-refractivity contribution in [2.24, 2.45) is 0 Å². The van der Waals surface area contributed by atoms with Gasteiger partial charge in [-0.15, -0.1) is 0 Å². The van der Waals surface area contributed by atoms with Gasteiger partial charge in [-0.25, -0.2) is 0 Å². The average Bonchev–Trinajstić information content (AvgIpc) is 3.32. The molecule has 1 aliphatic carbocycles. The first-order chi connectivity index (χ1) is 10.1. The number of rotatable bonds is 12. The SMILES string of the molecule is CCC(C)N(CCCC(C#N)(CC)NC1CC1)CCOC. The van der Waals surface area contributed by atoms with Gasteiger partial charge in [0, 0.05) is 25.7 Å². The largest absolute Gasteiger partial charge is 0.383 e. The molecule has 4 heteroatoms. The molecule has 1 fully saturated rings. The lowest BCUT2D eigenvalue weighted by Gasteiger charge is -2.31. The van der Waals surface area contributed by atoms with Crippen molar-refractivity contribution in [2.75, 3.05) is 26.8 Å². The van der Waals surface area contributed by atoms with Crippen LogP contribution < -0.4 is 5.32 Å². The second-order valence-corrected chi connectivity index (χ2v) is 6.36. The van der Waals surface area contributed by atoms with Gasteiger partial charge < -0.3 is 4.74 Å². The van der Waals surface area contributed by atoms with Crippen LogP contribution >= 0.6 is 0 Å². The van der Waals surface area contributed by atoms with E-state index in [-0.39, 0.29) is 5.54 Å². The lowest BCUT2D eigenvalue weighted by molar-refractivity contribution is 0.119. The van der Waals surface area contributed by atoms with E-state index in [4.69, 9.17) is 4.74 Å². The van der Waals surface area contributed by atoms with Crippen LogP contribution in [0.1, 0.15) is 59.3 Å². The van der Waals surface area contributed by atoms with E-state index in [1.807, 2.05) is 0 Å². The highest BCUT2D eigenvalue weighted by molar-refractivity contribution is 5.09. The third kappa shape index (κ3) is 6.34. The first kappa shape index (κ1) is 18.4. The first-order valence-electron chi connectivity index (χ1n) is 8.52. The molecule has 0 heterocycles. The number of nitriles is 1. The Kier molecular flexibility index (Phi) is 8.24. The molecular weight excluding hydrogens is 262 g/mol. The molecule has 21 heavy (non-hydrogen) atoms. The highest BCUT2D eigenvalue weighted by atomic mass is 16.5. The lowest BCUT2D eigenvalue weighted by Crippen LogP contribution is -2.45. The molecule has 1 aliphatic rings. The van der Waals surface area contributed by atoms with Gasteiger partial charge in [0.25, 0.3) is 0 Å². The predicted octanol–water partition coefficient (Wildman–Crippen LogP) is 2.94. The summed E-state index contributed by atoms with van der Waals surface area (Å²) in [4.78, 5) is 2.48. The van der Waals surface area contributed by atoms with Gasteiger partial charge in [-0.05, 0) is 52.0 Å². The minimum atomic E-state index is -0.316. The average molecular weight is 295 g/mol. The molecule has 0 saturated heterocycles. The fraction of sp³-hybridized carbons (Fsp3) is 0.941. The molecule has 0 aromatic rings. The zero-order chi connectivity index (χ0) is 15.7. The number of nitrogens with zero attached hydrogens (tertiary/aromatic N) is 2. The van der Waals surface area contributed by atoms with E-state index in [1.165, 1.54) is 12.8 Å². The van der Waals surface area contributed by atoms with Crippen molar-refractivity contribution < 1.29 is 4.74 Å². The quantitative estimate of drug-likeness (QED) is 0.601. The van der Waals surface area contributed by atoms with Gasteiger partial charge in [-0.3, -0.25) is 10.2 Å². The molecule has 0 aliphatic heterocycles. The second-order valence-electron chi connectivity index (χ2n) is 6.36. The summed E-state index contributed by atoms with van der Waals surface area (Å²) in [5.41, 5.74) is -0.316. The maximum atomic E-state index is 9.57. The molecule has 0 amide bonds. The van der Waals surface area contributed by atoms with Crippen LogP contribution in [0.4, 0.5) is 0 Å². The highest BCUT2D eigenvalue weighted by Crippen LogP contribution is 2.26. The molecule has 0 aromatic heterocycles. The summed E-state index contributed by atoms with van der Waals surface area (Å²) in [7, 11) is 1.76. The second kappa shape index (κ2) is 9.40. The Morgan fingerprint density at radius 2 is 2.10 bits per heavy atom. The Morgan fingerprint density at radius 3 is 2.57 bits per heavy atom. The van der Waals surface area contributed by atoms with Crippen LogP contribution in [0.3, 0.4) is 0 Å².